The van der Waals surface area contributed by atoms with Crippen LogP contribution in [-0.4, -0.2) is 17.1 Å². The van der Waals surface area contributed by atoms with Crippen molar-refractivity contribution >= 4 is 11.3 Å². The van der Waals surface area contributed by atoms with E-state index in [1.54, 1.807) is 0 Å². The van der Waals surface area contributed by atoms with Gasteiger partial charge in [0.1, 0.15) is 0 Å². The number of benzene rings is 1. The third-order valence-electron chi connectivity index (χ3n) is 4.48. The smallest absolute Gasteiger partial charge is 0.0346 e. The van der Waals surface area contributed by atoms with Gasteiger partial charge in [0.15, 0.2) is 0 Å². The molecule has 0 radical (unpaired) electrons. The SMILES string of the molecule is CC1(C)CC(NCc2ccc(-c3ccccc3)s2)CC(C)(C)N1. The molecule has 1 saturated heterocycles. The van der Waals surface area contributed by atoms with Gasteiger partial charge >= 0.3 is 0 Å². The maximum atomic E-state index is 3.78. The Morgan fingerprint density at radius 2 is 1.65 bits per heavy atom. The van der Waals surface area contributed by atoms with Gasteiger partial charge in [0, 0.05) is 33.4 Å². The molecular formula is C20H28N2S. The molecule has 3 rings (SSSR count). The second-order valence-corrected chi connectivity index (χ2v) is 9.18. The summed E-state index contributed by atoms with van der Waals surface area (Å²) in [6.45, 7) is 10.2. The molecule has 2 heterocycles. The minimum Gasteiger partial charge on any atom is -0.309 e. The Morgan fingerprint density at radius 1 is 1.00 bits per heavy atom. The van der Waals surface area contributed by atoms with Crippen LogP contribution in [0.1, 0.15) is 45.4 Å². The molecule has 1 aliphatic heterocycles. The first-order chi connectivity index (χ1) is 10.8. The van der Waals surface area contributed by atoms with Crippen molar-refractivity contribution in [1.82, 2.24) is 10.6 Å². The van der Waals surface area contributed by atoms with Crippen molar-refractivity contribution < 1.29 is 0 Å². The fraction of sp³-hybridized carbons (Fsp3) is 0.500. The number of hydrogen-bond donors (Lipinski definition) is 2. The molecule has 124 valence electrons. The highest BCUT2D eigenvalue weighted by Crippen LogP contribution is 2.30. The van der Waals surface area contributed by atoms with Gasteiger partial charge in [-0.1, -0.05) is 30.3 Å². The van der Waals surface area contributed by atoms with Crippen LogP contribution in [0.2, 0.25) is 0 Å². The predicted molar refractivity (Wildman–Crippen MR) is 101 cm³/mol. The summed E-state index contributed by atoms with van der Waals surface area (Å²) in [7, 11) is 0. The molecule has 0 aliphatic carbocycles. The van der Waals surface area contributed by atoms with Crippen molar-refractivity contribution in [1.29, 1.82) is 0 Å². The molecule has 0 saturated carbocycles. The summed E-state index contributed by atoms with van der Waals surface area (Å²) in [6.07, 6.45) is 2.35. The molecule has 3 heteroatoms. The second-order valence-electron chi connectivity index (χ2n) is 8.01. The first-order valence-electron chi connectivity index (χ1n) is 8.50. The van der Waals surface area contributed by atoms with E-state index in [4.69, 9.17) is 0 Å². The molecule has 1 aromatic carbocycles. The molecule has 1 fully saturated rings. The van der Waals surface area contributed by atoms with Crippen LogP contribution in [0.3, 0.4) is 0 Å². The van der Waals surface area contributed by atoms with Gasteiger partial charge in [-0.05, 0) is 58.2 Å². The molecule has 2 N–H and O–H groups in total. The Bertz CT molecular complexity index is 627. The molecule has 2 aromatic rings. The molecule has 0 unspecified atom stereocenters. The molecule has 0 spiro atoms. The van der Waals surface area contributed by atoms with Crippen LogP contribution < -0.4 is 10.6 Å². The number of rotatable bonds is 4. The molecule has 23 heavy (non-hydrogen) atoms. The molecule has 2 nitrogen and oxygen atoms in total. The van der Waals surface area contributed by atoms with Gasteiger partial charge in [-0.25, -0.2) is 0 Å². The third-order valence-corrected chi connectivity index (χ3v) is 5.61. The largest absolute Gasteiger partial charge is 0.309 e. The van der Waals surface area contributed by atoms with Gasteiger partial charge < -0.3 is 10.6 Å². The Hall–Kier alpha value is -1.16. The quantitative estimate of drug-likeness (QED) is 0.841. The lowest BCUT2D eigenvalue weighted by molar-refractivity contribution is 0.146. The average Bonchev–Trinajstić information content (AvgIpc) is 2.92. The third kappa shape index (κ3) is 4.43. The van der Waals surface area contributed by atoms with Crippen LogP contribution in [0.15, 0.2) is 42.5 Å². The lowest BCUT2D eigenvalue weighted by Gasteiger charge is -2.46. The summed E-state index contributed by atoms with van der Waals surface area (Å²) in [4.78, 5) is 2.77. The standard InChI is InChI=1S/C20H28N2S/c1-19(2)12-16(13-20(3,4)22-19)21-14-17-10-11-18(23-17)15-8-6-5-7-9-15/h5-11,16,21-22H,12-14H2,1-4H3. The van der Waals surface area contributed by atoms with Crippen LogP contribution >= 0.6 is 11.3 Å². The average molecular weight is 329 g/mol. The van der Waals surface area contributed by atoms with E-state index in [0.29, 0.717) is 6.04 Å². The van der Waals surface area contributed by atoms with E-state index in [1.807, 2.05) is 11.3 Å². The summed E-state index contributed by atoms with van der Waals surface area (Å²) in [6, 6.07) is 15.7. The zero-order valence-electron chi connectivity index (χ0n) is 14.6. The topological polar surface area (TPSA) is 24.1 Å². The fourth-order valence-corrected chi connectivity index (χ4v) is 4.91. The summed E-state index contributed by atoms with van der Waals surface area (Å²) < 4.78 is 0. The van der Waals surface area contributed by atoms with Crippen molar-refractivity contribution in [2.24, 2.45) is 0 Å². The molecule has 0 atom stereocenters. The first-order valence-corrected chi connectivity index (χ1v) is 9.32. The van der Waals surface area contributed by atoms with Crippen molar-refractivity contribution in [2.75, 3.05) is 0 Å². The summed E-state index contributed by atoms with van der Waals surface area (Å²) in [5.74, 6) is 0. The van der Waals surface area contributed by atoms with Crippen molar-refractivity contribution in [2.45, 2.75) is 64.2 Å². The van der Waals surface area contributed by atoms with Crippen LogP contribution in [0.4, 0.5) is 0 Å². The van der Waals surface area contributed by atoms with E-state index in [9.17, 15) is 0 Å². The minimum atomic E-state index is 0.198. The highest BCUT2D eigenvalue weighted by atomic mass is 32.1. The van der Waals surface area contributed by atoms with Crippen molar-refractivity contribution in [3.8, 4) is 10.4 Å². The fourth-order valence-electron chi connectivity index (χ4n) is 3.94. The maximum absolute atomic E-state index is 3.78. The Balaban J connectivity index is 1.62. The molecule has 0 bridgehead atoms. The van der Waals surface area contributed by atoms with Crippen LogP contribution in [-0.2, 0) is 6.54 Å². The van der Waals surface area contributed by atoms with E-state index in [1.165, 1.54) is 28.2 Å². The Labute approximate surface area is 144 Å². The lowest BCUT2D eigenvalue weighted by atomic mass is 9.79. The van der Waals surface area contributed by atoms with E-state index < -0.39 is 0 Å². The summed E-state index contributed by atoms with van der Waals surface area (Å²) >= 11 is 1.90. The summed E-state index contributed by atoms with van der Waals surface area (Å²) in [5.41, 5.74) is 1.71. The lowest BCUT2D eigenvalue weighted by Crippen LogP contribution is -2.61. The van der Waals surface area contributed by atoms with Gasteiger partial charge in [-0.15, -0.1) is 11.3 Å². The number of piperidine rings is 1. The van der Waals surface area contributed by atoms with E-state index in [0.717, 1.165) is 6.54 Å². The molecule has 1 aliphatic rings. The Kier molecular flexibility index (Phi) is 4.63. The highest BCUT2D eigenvalue weighted by molar-refractivity contribution is 7.15. The predicted octanol–water partition coefficient (Wildman–Crippen LogP) is 4.81. The number of hydrogen-bond acceptors (Lipinski definition) is 3. The van der Waals surface area contributed by atoms with Crippen molar-refractivity contribution in [3.05, 3.63) is 47.3 Å². The van der Waals surface area contributed by atoms with Crippen molar-refractivity contribution in [3.63, 3.8) is 0 Å². The van der Waals surface area contributed by atoms with E-state index in [2.05, 4.69) is 80.8 Å². The number of thiophene rings is 1. The number of nitrogens with one attached hydrogen (secondary N) is 2. The normalized spacial score (nSPS) is 20.5. The summed E-state index contributed by atoms with van der Waals surface area (Å²) in [5, 5.41) is 7.53. The van der Waals surface area contributed by atoms with Gasteiger partial charge in [-0.2, -0.15) is 0 Å². The maximum Gasteiger partial charge on any atom is 0.0346 e. The zero-order chi connectivity index (χ0) is 16.5. The zero-order valence-corrected chi connectivity index (χ0v) is 15.5. The van der Waals surface area contributed by atoms with Gasteiger partial charge in [-0.3, -0.25) is 0 Å². The molecule has 1 aromatic heterocycles. The van der Waals surface area contributed by atoms with Gasteiger partial charge in [0.25, 0.3) is 0 Å². The first kappa shape index (κ1) is 16.7. The minimum absolute atomic E-state index is 0.198. The Morgan fingerprint density at radius 3 is 2.30 bits per heavy atom. The van der Waals surface area contributed by atoms with Crippen LogP contribution in [0.25, 0.3) is 10.4 Å². The van der Waals surface area contributed by atoms with Gasteiger partial charge in [0.2, 0.25) is 0 Å². The second kappa shape index (κ2) is 6.39. The van der Waals surface area contributed by atoms with E-state index in [-0.39, 0.29) is 11.1 Å². The highest BCUT2D eigenvalue weighted by Gasteiger charge is 2.37. The van der Waals surface area contributed by atoms with Gasteiger partial charge in [0.05, 0.1) is 0 Å². The van der Waals surface area contributed by atoms with Crippen LogP contribution in [0.5, 0.6) is 0 Å². The monoisotopic (exact) mass is 328 g/mol. The molecular weight excluding hydrogens is 300 g/mol. The molecule has 0 amide bonds. The van der Waals surface area contributed by atoms with E-state index >= 15 is 0 Å². The van der Waals surface area contributed by atoms with Crippen LogP contribution in [0, 0.1) is 0 Å².